The molecule has 0 saturated heterocycles. The number of benzene rings is 2. The van der Waals surface area contributed by atoms with Gasteiger partial charge in [-0.25, -0.2) is 12.8 Å². The van der Waals surface area contributed by atoms with Gasteiger partial charge in [0.15, 0.2) is 9.84 Å². The van der Waals surface area contributed by atoms with Crippen molar-refractivity contribution in [1.82, 2.24) is 5.32 Å². The molecule has 0 aromatic heterocycles. The molecular formula is C21H24FNO6S. The number of amides is 1. The molecule has 3 atom stereocenters. The number of hydrogen-bond donors (Lipinski definition) is 3. The minimum atomic E-state index is -3.32. The minimum absolute atomic E-state index is 0.100. The molecule has 2 aromatic rings. The van der Waals surface area contributed by atoms with Gasteiger partial charge in [0, 0.05) is 23.8 Å². The molecule has 1 fully saturated rings. The van der Waals surface area contributed by atoms with Crippen LogP contribution >= 0.6 is 0 Å². The van der Waals surface area contributed by atoms with Gasteiger partial charge in [0.25, 0.3) is 5.91 Å². The van der Waals surface area contributed by atoms with Crippen LogP contribution in [0.3, 0.4) is 0 Å². The third-order valence-corrected chi connectivity index (χ3v) is 6.38. The van der Waals surface area contributed by atoms with E-state index in [2.05, 4.69) is 5.32 Å². The summed E-state index contributed by atoms with van der Waals surface area (Å²) in [5.74, 6) is -0.411. The lowest BCUT2D eigenvalue weighted by atomic mass is 9.86. The van der Waals surface area contributed by atoms with Crippen molar-refractivity contribution in [3.63, 3.8) is 0 Å². The van der Waals surface area contributed by atoms with Crippen molar-refractivity contribution in [1.29, 1.82) is 0 Å². The van der Waals surface area contributed by atoms with Gasteiger partial charge in [0.05, 0.1) is 23.7 Å². The van der Waals surface area contributed by atoms with Gasteiger partial charge in [-0.2, -0.15) is 0 Å². The molecule has 162 valence electrons. The second-order valence-corrected chi connectivity index (χ2v) is 9.78. The lowest BCUT2D eigenvalue weighted by Crippen LogP contribution is -2.40. The van der Waals surface area contributed by atoms with Crippen LogP contribution in [-0.2, 0) is 9.84 Å². The zero-order chi connectivity index (χ0) is 21.9. The fourth-order valence-corrected chi connectivity index (χ4v) is 4.18. The van der Waals surface area contributed by atoms with E-state index in [1.165, 1.54) is 48.5 Å². The van der Waals surface area contributed by atoms with Crippen LogP contribution in [-0.4, -0.2) is 56.2 Å². The van der Waals surface area contributed by atoms with Crippen LogP contribution in [0.25, 0.3) is 0 Å². The van der Waals surface area contributed by atoms with E-state index in [-0.39, 0.29) is 30.9 Å². The van der Waals surface area contributed by atoms with Crippen LogP contribution in [0.4, 0.5) is 4.39 Å². The van der Waals surface area contributed by atoms with Crippen molar-refractivity contribution in [2.45, 2.75) is 29.9 Å². The predicted octanol–water partition coefficient (Wildman–Crippen LogP) is 1.54. The van der Waals surface area contributed by atoms with Crippen molar-refractivity contribution in [2.24, 2.45) is 5.41 Å². The Morgan fingerprint density at radius 1 is 1.10 bits per heavy atom. The Balaban J connectivity index is 1.68. The van der Waals surface area contributed by atoms with E-state index in [4.69, 9.17) is 4.74 Å². The number of carbonyl (C=O) groups excluding carboxylic acids is 1. The van der Waals surface area contributed by atoms with Gasteiger partial charge >= 0.3 is 0 Å². The van der Waals surface area contributed by atoms with Gasteiger partial charge in [-0.1, -0.05) is 0 Å². The molecule has 30 heavy (non-hydrogen) atoms. The van der Waals surface area contributed by atoms with Gasteiger partial charge < -0.3 is 20.3 Å². The molecule has 1 amide bonds. The maximum absolute atomic E-state index is 13.0. The molecule has 0 aliphatic heterocycles. The van der Waals surface area contributed by atoms with Gasteiger partial charge in [-0.05, 0) is 61.4 Å². The molecule has 0 bridgehead atoms. The quantitative estimate of drug-likeness (QED) is 0.606. The standard InChI is InChI=1S/C21H24FNO6S/c1-30(27,28)17-8-6-16(7-9-17)29-13-21(10-18(24)19(25)11-21)12-23-20(26)14-2-4-15(22)5-3-14/h2-9,18-19,24-25H,10-13H2,1H3,(H,23,26)/t18-,19+,21?. The SMILES string of the molecule is CS(=O)(=O)c1ccc(OCC2(CNC(=O)c3ccc(F)cc3)C[C@@H](O)[C@@H](O)C2)cc1. The molecule has 1 aliphatic carbocycles. The molecule has 0 spiro atoms. The van der Waals surface area contributed by atoms with E-state index >= 15 is 0 Å². The largest absolute Gasteiger partial charge is 0.493 e. The maximum Gasteiger partial charge on any atom is 0.251 e. The van der Waals surface area contributed by atoms with Crippen LogP contribution in [0.5, 0.6) is 5.75 Å². The zero-order valence-electron chi connectivity index (χ0n) is 16.4. The Labute approximate surface area is 174 Å². The molecule has 3 N–H and O–H groups in total. The van der Waals surface area contributed by atoms with Crippen LogP contribution in [0, 0.1) is 11.2 Å². The number of hydrogen-bond acceptors (Lipinski definition) is 6. The fraction of sp³-hybridized carbons (Fsp3) is 0.381. The van der Waals surface area contributed by atoms with E-state index in [1.54, 1.807) is 0 Å². The first-order valence-corrected chi connectivity index (χ1v) is 11.3. The van der Waals surface area contributed by atoms with Crippen LogP contribution in [0.1, 0.15) is 23.2 Å². The third kappa shape index (κ3) is 5.35. The van der Waals surface area contributed by atoms with Gasteiger partial charge in [-0.3, -0.25) is 4.79 Å². The first-order chi connectivity index (χ1) is 14.1. The lowest BCUT2D eigenvalue weighted by molar-refractivity contribution is 0.0438. The van der Waals surface area contributed by atoms with E-state index in [9.17, 15) is 27.8 Å². The van der Waals surface area contributed by atoms with Crippen molar-refractivity contribution < 1.29 is 32.6 Å². The van der Waals surface area contributed by atoms with Crippen LogP contribution < -0.4 is 10.1 Å². The third-order valence-electron chi connectivity index (χ3n) is 5.26. The fourth-order valence-electron chi connectivity index (χ4n) is 3.55. The summed E-state index contributed by atoms with van der Waals surface area (Å²) >= 11 is 0. The highest BCUT2D eigenvalue weighted by Gasteiger charge is 2.45. The second-order valence-electron chi connectivity index (χ2n) is 7.76. The minimum Gasteiger partial charge on any atom is -0.493 e. The van der Waals surface area contributed by atoms with Crippen molar-refractivity contribution >= 4 is 15.7 Å². The molecule has 9 heteroatoms. The molecule has 7 nitrogen and oxygen atoms in total. The summed E-state index contributed by atoms with van der Waals surface area (Å²) in [7, 11) is -3.32. The number of halogens is 1. The van der Waals surface area contributed by atoms with Crippen molar-refractivity contribution in [2.75, 3.05) is 19.4 Å². The Morgan fingerprint density at radius 3 is 2.20 bits per heavy atom. The molecule has 2 aromatic carbocycles. The van der Waals surface area contributed by atoms with E-state index < -0.39 is 39.2 Å². The summed E-state index contributed by atoms with van der Waals surface area (Å²) in [6.45, 7) is 0.238. The van der Waals surface area contributed by atoms with Crippen LogP contribution in [0.2, 0.25) is 0 Å². The predicted molar refractivity (Wildman–Crippen MR) is 107 cm³/mol. The first kappa shape index (κ1) is 22.2. The Hall–Kier alpha value is -2.49. The number of aliphatic hydroxyl groups excluding tert-OH is 2. The average molecular weight is 437 g/mol. The summed E-state index contributed by atoms with van der Waals surface area (Å²) in [6, 6.07) is 11.1. The smallest absolute Gasteiger partial charge is 0.251 e. The summed E-state index contributed by atoms with van der Waals surface area (Å²) in [5.41, 5.74) is -0.424. The summed E-state index contributed by atoms with van der Waals surface area (Å²) in [4.78, 5) is 12.5. The molecule has 3 rings (SSSR count). The van der Waals surface area contributed by atoms with Crippen LogP contribution in [0.15, 0.2) is 53.4 Å². The normalized spacial score (nSPS) is 23.9. The van der Waals surface area contributed by atoms with E-state index in [0.29, 0.717) is 11.3 Å². The van der Waals surface area contributed by atoms with Crippen molar-refractivity contribution in [3.05, 3.63) is 59.9 Å². The van der Waals surface area contributed by atoms with E-state index in [0.717, 1.165) is 6.26 Å². The highest BCUT2D eigenvalue weighted by molar-refractivity contribution is 7.90. The van der Waals surface area contributed by atoms with E-state index in [1.807, 2.05) is 0 Å². The van der Waals surface area contributed by atoms with Gasteiger partial charge in [0.2, 0.25) is 0 Å². The number of sulfone groups is 1. The Kier molecular flexibility index (Phi) is 6.44. The number of rotatable bonds is 7. The molecule has 1 saturated carbocycles. The topological polar surface area (TPSA) is 113 Å². The molecule has 0 heterocycles. The van der Waals surface area contributed by atoms with Gasteiger partial charge in [-0.15, -0.1) is 0 Å². The Morgan fingerprint density at radius 2 is 1.67 bits per heavy atom. The molecular weight excluding hydrogens is 413 g/mol. The number of nitrogens with one attached hydrogen (secondary N) is 1. The van der Waals surface area contributed by atoms with Gasteiger partial charge in [0.1, 0.15) is 11.6 Å². The average Bonchev–Trinajstić information content (AvgIpc) is 2.99. The molecule has 0 radical (unpaired) electrons. The summed E-state index contributed by atoms with van der Waals surface area (Å²) in [5, 5.41) is 22.8. The highest BCUT2D eigenvalue weighted by Crippen LogP contribution is 2.38. The first-order valence-electron chi connectivity index (χ1n) is 9.41. The summed E-state index contributed by atoms with van der Waals surface area (Å²) in [6.07, 6.45) is -0.325. The van der Waals surface area contributed by atoms with Crippen molar-refractivity contribution in [3.8, 4) is 5.75 Å². The molecule has 1 aliphatic rings. The maximum atomic E-state index is 13.0. The lowest BCUT2D eigenvalue weighted by Gasteiger charge is -2.29. The number of carbonyl (C=O) groups is 1. The second kappa shape index (κ2) is 8.71. The molecule has 1 unspecified atom stereocenters. The Bertz CT molecular complexity index is 981. The highest BCUT2D eigenvalue weighted by atomic mass is 32.2. The zero-order valence-corrected chi connectivity index (χ0v) is 17.2. The number of aliphatic hydroxyl groups is 2. The number of ether oxygens (including phenoxy) is 1. The summed E-state index contributed by atoms with van der Waals surface area (Å²) < 4.78 is 42.0. The monoisotopic (exact) mass is 437 g/mol.